The van der Waals surface area contributed by atoms with Crippen molar-refractivity contribution in [3.05, 3.63) is 33.9 Å². The molecule has 0 fully saturated rings. The van der Waals surface area contributed by atoms with E-state index in [9.17, 15) is 10.1 Å². The summed E-state index contributed by atoms with van der Waals surface area (Å²) in [6.45, 7) is 6.49. The molecule has 0 unspecified atom stereocenters. The molecule has 0 saturated heterocycles. The van der Waals surface area contributed by atoms with Gasteiger partial charge < -0.3 is 14.8 Å². The fourth-order valence-electron chi connectivity index (χ4n) is 1.61. The van der Waals surface area contributed by atoms with Crippen LogP contribution in [0.25, 0.3) is 0 Å². The first-order valence-corrected chi connectivity index (χ1v) is 6.35. The standard InChI is InChI=1S/C13H20N2O4/c1-3-14-12-6-5-11(9-13(12)15(16)17)10-19-8-7-18-4-2/h5-6,9,14H,3-4,7-8,10H2,1-2H3. The molecule has 0 spiro atoms. The number of nitrogens with zero attached hydrogens (tertiary/aromatic N) is 1. The minimum Gasteiger partial charge on any atom is -0.380 e. The second-order valence-electron chi connectivity index (χ2n) is 3.89. The number of nitro groups is 1. The average molecular weight is 268 g/mol. The van der Waals surface area contributed by atoms with Gasteiger partial charge in [-0.3, -0.25) is 10.1 Å². The zero-order valence-electron chi connectivity index (χ0n) is 11.3. The Kier molecular flexibility index (Phi) is 6.84. The van der Waals surface area contributed by atoms with Crippen molar-refractivity contribution in [2.75, 3.05) is 31.7 Å². The largest absolute Gasteiger partial charge is 0.380 e. The summed E-state index contributed by atoms with van der Waals surface area (Å²) >= 11 is 0. The van der Waals surface area contributed by atoms with Crippen molar-refractivity contribution in [2.45, 2.75) is 20.5 Å². The Morgan fingerprint density at radius 3 is 2.63 bits per heavy atom. The maximum Gasteiger partial charge on any atom is 0.292 e. The molecule has 1 rings (SSSR count). The first kappa shape index (κ1) is 15.4. The number of nitro benzene ring substituents is 1. The molecule has 6 nitrogen and oxygen atoms in total. The Morgan fingerprint density at radius 1 is 1.26 bits per heavy atom. The van der Waals surface area contributed by atoms with E-state index in [1.54, 1.807) is 12.1 Å². The predicted molar refractivity (Wildman–Crippen MR) is 73.4 cm³/mol. The number of anilines is 1. The third kappa shape index (κ3) is 5.23. The second kappa shape index (κ2) is 8.44. The van der Waals surface area contributed by atoms with Crippen molar-refractivity contribution in [1.82, 2.24) is 0 Å². The van der Waals surface area contributed by atoms with Crippen LogP contribution in [0.4, 0.5) is 11.4 Å². The molecule has 106 valence electrons. The molecule has 0 heterocycles. The number of hydrogen-bond donors (Lipinski definition) is 1. The molecule has 0 aliphatic carbocycles. The predicted octanol–water partition coefficient (Wildman–Crippen LogP) is 2.58. The lowest BCUT2D eigenvalue weighted by atomic mass is 10.2. The summed E-state index contributed by atoms with van der Waals surface area (Å²) in [5.41, 5.74) is 1.39. The maximum absolute atomic E-state index is 11.0. The van der Waals surface area contributed by atoms with Crippen LogP contribution in [0.1, 0.15) is 19.4 Å². The van der Waals surface area contributed by atoms with Crippen LogP contribution in [0, 0.1) is 10.1 Å². The summed E-state index contributed by atoms with van der Waals surface area (Å²) in [5, 5.41) is 13.9. The second-order valence-corrected chi connectivity index (χ2v) is 3.89. The highest BCUT2D eigenvalue weighted by Gasteiger charge is 2.13. The summed E-state index contributed by atoms with van der Waals surface area (Å²) < 4.78 is 10.5. The molecule has 0 radical (unpaired) electrons. The fourth-order valence-corrected chi connectivity index (χ4v) is 1.61. The Labute approximate surface area is 112 Å². The van der Waals surface area contributed by atoms with Crippen molar-refractivity contribution in [3.63, 3.8) is 0 Å². The number of ether oxygens (including phenoxy) is 2. The van der Waals surface area contributed by atoms with Crippen LogP contribution < -0.4 is 5.32 Å². The molecule has 1 N–H and O–H groups in total. The van der Waals surface area contributed by atoms with Crippen LogP contribution in [0.2, 0.25) is 0 Å². The van der Waals surface area contributed by atoms with Crippen molar-refractivity contribution in [1.29, 1.82) is 0 Å². The lowest BCUT2D eigenvalue weighted by molar-refractivity contribution is -0.384. The van der Waals surface area contributed by atoms with E-state index in [0.29, 0.717) is 38.7 Å². The van der Waals surface area contributed by atoms with Gasteiger partial charge in [0.25, 0.3) is 5.69 Å². The van der Waals surface area contributed by atoms with Crippen LogP contribution in [-0.4, -0.2) is 31.3 Å². The molecule has 0 atom stereocenters. The number of hydrogen-bond acceptors (Lipinski definition) is 5. The van der Waals surface area contributed by atoms with Crippen molar-refractivity contribution in [2.24, 2.45) is 0 Å². The van der Waals surface area contributed by atoms with E-state index in [1.807, 2.05) is 19.9 Å². The molecule has 0 saturated carbocycles. The zero-order valence-corrected chi connectivity index (χ0v) is 11.3. The van der Waals surface area contributed by atoms with Crippen LogP contribution in [0.15, 0.2) is 18.2 Å². The molecule has 0 aromatic heterocycles. The van der Waals surface area contributed by atoms with Gasteiger partial charge in [-0.1, -0.05) is 6.07 Å². The van der Waals surface area contributed by atoms with Gasteiger partial charge >= 0.3 is 0 Å². The maximum atomic E-state index is 11.0. The van der Waals surface area contributed by atoms with Crippen LogP contribution in [-0.2, 0) is 16.1 Å². The van der Waals surface area contributed by atoms with E-state index in [2.05, 4.69) is 5.32 Å². The Morgan fingerprint density at radius 2 is 2.00 bits per heavy atom. The van der Waals surface area contributed by atoms with Gasteiger partial charge in [-0.15, -0.1) is 0 Å². The van der Waals surface area contributed by atoms with E-state index in [-0.39, 0.29) is 10.6 Å². The average Bonchev–Trinajstić information content (AvgIpc) is 2.40. The fraction of sp³-hybridized carbons (Fsp3) is 0.538. The molecule has 6 heteroatoms. The lowest BCUT2D eigenvalue weighted by Gasteiger charge is -2.08. The number of nitrogens with one attached hydrogen (secondary N) is 1. The molecule has 0 aliphatic heterocycles. The molecular weight excluding hydrogens is 248 g/mol. The number of rotatable bonds is 9. The zero-order chi connectivity index (χ0) is 14.1. The highest BCUT2D eigenvalue weighted by Crippen LogP contribution is 2.25. The van der Waals surface area contributed by atoms with Crippen LogP contribution in [0.5, 0.6) is 0 Å². The highest BCUT2D eigenvalue weighted by molar-refractivity contribution is 5.62. The molecule has 19 heavy (non-hydrogen) atoms. The smallest absolute Gasteiger partial charge is 0.292 e. The first-order valence-electron chi connectivity index (χ1n) is 6.35. The minimum atomic E-state index is -0.387. The van der Waals surface area contributed by atoms with E-state index >= 15 is 0 Å². The van der Waals surface area contributed by atoms with Gasteiger partial charge in [0.1, 0.15) is 5.69 Å². The normalized spacial score (nSPS) is 10.4. The van der Waals surface area contributed by atoms with Crippen molar-refractivity contribution in [3.8, 4) is 0 Å². The number of benzene rings is 1. The summed E-state index contributed by atoms with van der Waals surface area (Å²) in [4.78, 5) is 10.6. The van der Waals surface area contributed by atoms with Gasteiger partial charge in [0.05, 0.1) is 24.7 Å². The molecule has 0 aliphatic rings. The SMILES string of the molecule is CCNc1ccc(COCCOCC)cc1[N+](=O)[O-]. The van der Waals surface area contributed by atoms with Gasteiger partial charge in [0.2, 0.25) is 0 Å². The van der Waals surface area contributed by atoms with Gasteiger partial charge in [-0.25, -0.2) is 0 Å². The Hall–Kier alpha value is -1.66. The lowest BCUT2D eigenvalue weighted by Crippen LogP contribution is -2.05. The van der Waals surface area contributed by atoms with Crippen LogP contribution >= 0.6 is 0 Å². The summed E-state index contributed by atoms with van der Waals surface area (Å²) in [5.74, 6) is 0. The molecule has 0 amide bonds. The first-order chi connectivity index (χ1) is 9.19. The Balaban J connectivity index is 2.60. The summed E-state index contributed by atoms with van der Waals surface area (Å²) in [7, 11) is 0. The van der Waals surface area contributed by atoms with Gasteiger partial charge in [0, 0.05) is 19.2 Å². The minimum absolute atomic E-state index is 0.0766. The third-order valence-corrected chi connectivity index (χ3v) is 2.47. The monoisotopic (exact) mass is 268 g/mol. The van der Waals surface area contributed by atoms with E-state index < -0.39 is 0 Å². The van der Waals surface area contributed by atoms with E-state index in [0.717, 1.165) is 5.56 Å². The van der Waals surface area contributed by atoms with Crippen molar-refractivity contribution < 1.29 is 14.4 Å². The molecule has 0 bridgehead atoms. The van der Waals surface area contributed by atoms with Crippen LogP contribution in [0.3, 0.4) is 0 Å². The quantitative estimate of drug-likeness (QED) is 0.423. The molecular formula is C13H20N2O4. The Bertz CT molecular complexity index is 410. The molecule has 1 aromatic rings. The van der Waals surface area contributed by atoms with Crippen molar-refractivity contribution >= 4 is 11.4 Å². The topological polar surface area (TPSA) is 73.6 Å². The van der Waals surface area contributed by atoms with E-state index in [4.69, 9.17) is 9.47 Å². The van der Waals surface area contributed by atoms with Gasteiger partial charge in [-0.05, 0) is 25.5 Å². The third-order valence-electron chi connectivity index (χ3n) is 2.47. The summed E-state index contributed by atoms with van der Waals surface area (Å²) in [6, 6.07) is 5.08. The van der Waals surface area contributed by atoms with Gasteiger partial charge in [-0.2, -0.15) is 0 Å². The van der Waals surface area contributed by atoms with Gasteiger partial charge in [0.15, 0.2) is 0 Å². The highest BCUT2D eigenvalue weighted by atomic mass is 16.6. The summed E-state index contributed by atoms with van der Waals surface area (Å²) in [6.07, 6.45) is 0. The van der Waals surface area contributed by atoms with E-state index in [1.165, 1.54) is 0 Å². The molecule has 1 aromatic carbocycles.